The second kappa shape index (κ2) is 15.6. The summed E-state index contributed by atoms with van der Waals surface area (Å²) in [5, 5.41) is 15.6. The number of carbonyl (C=O) groups excluding carboxylic acids is 3. The molecule has 0 bridgehead atoms. The van der Waals surface area contributed by atoms with Crippen molar-refractivity contribution < 1.29 is 24.2 Å². The summed E-state index contributed by atoms with van der Waals surface area (Å²) in [5.41, 5.74) is 0.479. The summed E-state index contributed by atoms with van der Waals surface area (Å²) in [6.07, 6.45) is 4.68. The molecular weight excluding hydrogens is 478 g/mol. The Balaban J connectivity index is 3.38. The highest BCUT2D eigenvalue weighted by Crippen LogP contribution is 2.27. The normalized spacial score (nSPS) is 13.0. The molecule has 0 aliphatic heterocycles. The third-order valence-electron chi connectivity index (χ3n) is 5.63. The molecule has 1 aromatic rings. The van der Waals surface area contributed by atoms with Crippen LogP contribution in [0.5, 0.6) is 5.75 Å². The van der Waals surface area contributed by atoms with Crippen LogP contribution in [0.25, 0.3) is 0 Å². The monoisotopic (exact) mass is 523 g/mol. The van der Waals surface area contributed by atoms with Crippen LogP contribution in [0, 0.1) is 6.92 Å². The molecule has 0 aromatic heterocycles. The molecule has 0 fully saturated rings. The third kappa shape index (κ3) is 10.7. The Labute approximate surface area is 222 Å². The number of benzene rings is 1. The molecule has 8 nitrogen and oxygen atoms in total. The highest BCUT2D eigenvalue weighted by molar-refractivity contribution is 7.80. The van der Waals surface area contributed by atoms with Gasteiger partial charge in [-0.3, -0.25) is 9.59 Å². The minimum Gasteiger partial charge on any atom is -0.508 e. The summed E-state index contributed by atoms with van der Waals surface area (Å²) in [4.78, 5) is 41.3. The summed E-state index contributed by atoms with van der Waals surface area (Å²) >= 11 is 4.32. The first-order valence-electron chi connectivity index (χ1n) is 12.9. The number of nitrogens with zero attached hydrogens (tertiary/aromatic N) is 1. The summed E-state index contributed by atoms with van der Waals surface area (Å²) in [6.45, 7) is 12.0. The fourth-order valence-electron chi connectivity index (χ4n) is 3.72. The molecule has 2 unspecified atom stereocenters. The Morgan fingerprint density at radius 2 is 1.75 bits per heavy atom. The summed E-state index contributed by atoms with van der Waals surface area (Å²) < 4.78 is 5.34. The molecule has 0 radical (unpaired) electrons. The van der Waals surface area contributed by atoms with Crippen molar-refractivity contribution in [2.45, 2.75) is 97.8 Å². The quantitative estimate of drug-likeness (QED) is 0.205. The summed E-state index contributed by atoms with van der Waals surface area (Å²) in [6, 6.07) is 3.03. The van der Waals surface area contributed by atoms with Crippen molar-refractivity contribution in [3.8, 4) is 5.75 Å². The number of thiol groups is 1. The highest BCUT2D eigenvalue weighted by atomic mass is 32.1. The van der Waals surface area contributed by atoms with Crippen molar-refractivity contribution in [3.05, 3.63) is 29.3 Å². The van der Waals surface area contributed by atoms with E-state index in [1.54, 1.807) is 39.8 Å². The lowest BCUT2D eigenvalue weighted by atomic mass is 9.99. The topological polar surface area (TPSA) is 108 Å². The number of phenolic OH excluding ortho intramolecular Hbond substituents is 1. The van der Waals surface area contributed by atoms with Gasteiger partial charge in [0.2, 0.25) is 11.8 Å². The first kappa shape index (κ1) is 31.6. The molecule has 0 aliphatic carbocycles. The van der Waals surface area contributed by atoms with E-state index < -0.39 is 29.7 Å². The van der Waals surface area contributed by atoms with Crippen molar-refractivity contribution in [1.29, 1.82) is 0 Å². The van der Waals surface area contributed by atoms with Gasteiger partial charge in [-0.05, 0) is 63.8 Å². The molecule has 2 atom stereocenters. The van der Waals surface area contributed by atoms with Gasteiger partial charge in [0.15, 0.2) is 0 Å². The fourth-order valence-corrected chi connectivity index (χ4v) is 3.97. The molecule has 36 heavy (non-hydrogen) atoms. The van der Waals surface area contributed by atoms with Crippen molar-refractivity contribution >= 4 is 30.5 Å². The van der Waals surface area contributed by atoms with Crippen LogP contribution in [0.4, 0.5) is 4.79 Å². The highest BCUT2D eigenvalue weighted by Gasteiger charge is 2.35. The minimum atomic E-state index is -0.974. The predicted molar refractivity (Wildman–Crippen MR) is 146 cm³/mol. The second-order valence-electron chi connectivity index (χ2n) is 10.1. The van der Waals surface area contributed by atoms with Crippen molar-refractivity contribution in [3.63, 3.8) is 0 Å². The van der Waals surface area contributed by atoms with E-state index in [2.05, 4.69) is 30.2 Å². The van der Waals surface area contributed by atoms with Crippen LogP contribution < -0.4 is 10.6 Å². The molecular formula is C27H45N3O5S. The third-order valence-corrected chi connectivity index (χ3v) is 6.00. The van der Waals surface area contributed by atoms with E-state index in [1.165, 1.54) is 11.0 Å². The number of alkyl carbamates (subject to hydrolysis) is 1. The van der Waals surface area contributed by atoms with Gasteiger partial charge in [-0.15, -0.1) is 0 Å². The number of ether oxygens (including phenoxy) is 1. The lowest BCUT2D eigenvalue weighted by Gasteiger charge is -2.34. The van der Waals surface area contributed by atoms with Crippen LogP contribution in [-0.4, -0.2) is 58.4 Å². The molecule has 1 rings (SSSR count). The van der Waals surface area contributed by atoms with Gasteiger partial charge in [0, 0.05) is 18.8 Å². The van der Waals surface area contributed by atoms with E-state index in [-0.39, 0.29) is 17.4 Å². The molecule has 3 N–H and O–H groups in total. The van der Waals surface area contributed by atoms with Gasteiger partial charge in [-0.25, -0.2) is 4.79 Å². The van der Waals surface area contributed by atoms with Gasteiger partial charge < -0.3 is 25.4 Å². The number of hydrogen-bond acceptors (Lipinski definition) is 6. The van der Waals surface area contributed by atoms with Crippen LogP contribution in [0.15, 0.2) is 18.2 Å². The summed E-state index contributed by atoms with van der Waals surface area (Å²) in [7, 11) is 0. The van der Waals surface area contributed by atoms with Crippen LogP contribution in [0.2, 0.25) is 0 Å². The first-order valence-corrected chi connectivity index (χ1v) is 13.6. The zero-order valence-corrected chi connectivity index (χ0v) is 23.6. The summed E-state index contributed by atoms with van der Waals surface area (Å²) in [5.74, 6) is -0.548. The van der Waals surface area contributed by atoms with Gasteiger partial charge in [0.05, 0.1) is 0 Å². The van der Waals surface area contributed by atoms with E-state index in [9.17, 15) is 19.5 Å². The number of hydrogen-bond donors (Lipinski definition) is 4. The van der Waals surface area contributed by atoms with E-state index in [4.69, 9.17) is 4.74 Å². The number of phenols is 1. The van der Waals surface area contributed by atoms with E-state index in [0.29, 0.717) is 30.6 Å². The van der Waals surface area contributed by atoms with Gasteiger partial charge in [-0.2, -0.15) is 12.6 Å². The zero-order valence-electron chi connectivity index (χ0n) is 22.7. The van der Waals surface area contributed by atoms with Gasteiger partial charge in [0.1, 0.15) is 23.4 Å². The Morgan fingerprint density at radius 1 is 1.08 bits per heavy atom. The lowest BCUT2D eigenvalue weighted by Crippen LogP contribution is -2.54. The Hall–Kier alpha value is -2.42. The number of rotatable bonds is 14. The standard InChI is InChI=1S/C27H45N3O5S/c1-7-9-11-12-16-30(25(33)21(18-36)29-26(34)35-27(4,5)6)23(24(32)28-15-10-8-2)20-13-14-22(31)19(3)17-20/h13-14,17,21,23,31,36H,7-12,15-16,18H2,1-6H3,(H,28,32)(H,29,34). The number of aromatic hydroxyl groups is 1. The number of nitrogens with one attached hydrogen (secondary N) is 2. The van der Waals surface area contributed by atoms with Gasteiger partial charge in [-0.1, -0.05) is 45.6 Å². The van der Waals surface area contributed by atoms with E-state index in [1.807, 2.05) is 6.92 Å². The number of unbranched alkanes of at least 4 members (excludes halogenated alkanes) is 4. The molecule has 204 valence electrons. The number of carbonyl (C=O) groups is 3. The van der Waals surface area contributed by atoms with Crippen LogP contribution in [-0.2, 0) is 14.3 Å². The van der Waals surface area contributed by atoms with E-state index >= 15 is 0 Å². The smallest absolute Gasteiger partial charge is 0.408 e. The minimum absolute atomic E-state index is 0.0440. The average Bonchev–Trinajstić information content (AvgIpc) is 2.80. The fraction of sp³-hybridized carbons (Fsp3) is 0.667. The van der Waals surface area contributed by atoms with Crippen molar-refractivity contribution in [1.82, 2.24) is 15.5 Å². The molecule has 0 heterocycles. The van der Waals surface area contributed by atoms with Crippen molar-refractivity contribution in [2.24, 2.45) is 0 Å². The largest absolute Gasteiger partial charge is 0.508 e. The Morgan fingerprint density at radius 3 is 2.31 bits per heavy atom. The van der Waals surface area contributed by atoms with E-state index in [0.717, 1.165) is 32.1 Å². The Bertz CT molecular complexity index is 856. The molecule has 0 aliphatic rings. The molecule has 3 amide bonds. The number of aryl methyl sites for hydroxylation is 1. The Kier molecular flexibility index (Phi) is 13.7. The second-order valence-corrected chi connectivity index (χ2v) is 10.4. The maximum Gasteiger partial charge on any atom is 0.408 e. The van der Waals surface area contributed by atoms with Gasteiger partial charge >= 0.3 is 6.09 Å². The van der Waals surface area contributed by atoms with Gasteiger partial charge in [0.25, 0.3) is 0 Å². The molecule has 0 saturated carbocycles. The number of amides is 3. The molecule has 0 saturated heterocycles. The molecule has 0 spiro atoms. The predicted octanol–water partition coefficient (Wildman–Crippen LogP) is 4.89. The molecule has 9 heteroatoms. The van der Waals surface area contributed by atoms with Crippen LogP contribution in [0.1, 0.15) is 90.3 Å². The maximum absolute atomic E-state index is 13.8. The van der Waals surface area contributed by atoms with Crippen LogP contribution >= 0.6 is 12.6 Å². The zero-order chi connectivity index (χ0) is 27.3. The van der Waals surface area contributed by atoms with Crippen molar-refractivity contribution in [2.75, 3.05) is 18.8 Å². The average molecular weight is 524 g/mol. The maximum atomic E-state index is 13.8. The van der Waals surface area contributed by atoms with Crippen LogP contribution in [0.3, 0.4) is 0 Å². The SMILES string of the molecule is CCCCCCN(C(=O)C(CS)NC(=O)OC(C)(C)C)C(C(=O)NCCCC)c1ccc(O)c(C)c1. The molecule has 1 aromatic carbocycles. The lowest BCUT2D eigenvalue weighted by molar-refractivity contribution is -0.142. The first-order chi connectivity index (χ1) is 16.9.